The molecule has 0 amide bonds. The van der Waals surface area contributed by atoms with Gasteiger partial charge in [-0.05, 0) is 38.7 Å². The molecule has 0 aliphatic rings. The lowest BCUT2D eigenvalue weighted by atomic mass is 10.0. The summed E-state index contributed by atoms with van der Waals surface area (Å²) < 4.78 is 34.5. The minimum atomic E-state index is -3.75. The molecule has 1 atom stereocenters. The molecular formula is C19H23N3O4S. The number of likely N-dealkylation sites (N-methyl/N-ethyl adjacent to an activating group) is 1. The molecule has 7 nitrogen and oxygen atoms in total. The second-order valence-electron chi connectivity index (χ2n) is 6.80. The van der Waals surface area contributed by atoms with Crippen LogP contribution in [0.5, 0.6) is 0 Å². The molecule has 0 radical (unpaired) electrons. The third-order valence-corrected chi connectivity index (χ3v) is 6.05. The quantitative estimate of drug-likeness (QED) is 0.697. The van der Waals surface area contributed by atoms with Gasteiger partial charge in [-0.3, -0.25) is 4.57 Å². The molecule has 1 heterocycles. The van der Waals surface area contributed by atoms with Gasteiger partial charge in [0.1, 0.15) is 0 Å². The van der Waals surface area contributed by atoms with E-state index < -0.39 is 15.8 Å². The van der Waals surface area contributed by atoms with E-state index in [-0.39, 0.29) is 23.1 Å². The largest absolute Gasteiger partial charge is 0.419 e. The average Bonchev–Trinajstić information content (AvgIpc) is 2.90. The van der Waals surface area contributed by atoms with Gasteiger partial charge in [-0.25, -0.2) is 17.9 Å². The van der Waals surface area contributed by atoms with E-state index in [1.54, 1.807) is 13.1 Å². The van der Waals surface area contributed by atoms with Crippen molar-refractivity contribution in [1.82, 2.24) is 14.2 Å². The molecule has 0 spiro atoms. The summed E-state index contributed by atoms with van der Waals surface area (Å²) in [6, 6.07) is 12.3. The maximum Gasteiger partial charge on any atom is 0.419 e. The van der Waals surface area contributed by atoms with Gasteiger partial charge < -0.3 is 9.32 Å². The van der Waals surface area contributed by atoms with Gasteiger partial charge in [-0.2, -0.15) is 0 Å². The van der Waals surface area contributed by atoms with Crippen molar-refractivity contribution in [3.8, 4) is 0 Å². The third-order valence-electron chi connectivity index (χ3n) is 4.63. The van der Waals surface area contributed by atoms with Crippen LogP contribution in [0.4, 0.5) is 0 Å². The number of hydrogen-bond donors (Lipinski definition) is 1. The summed E-state index contributed by atoms with van der Waals surface area (Å²) >= 11 is 0. The Balaban J connectivity index is 1.84. The monoisotopic (exact) mass is 389 g/mol. The van der Waals surface area contributed by atoms with E-state index in [2.05, 4.69) is 4.72 Å². The minimum Gasteiger partial charge on any atom is -0.408 e. The summed E-state index contributed by atoms with van der Waals surface area (Å²) in [5, 5.41) is 0. The van der Waals surface area contributed by atoms with Crippen LogP contribution in [-0.4, -0.2) is 38.5 Å². The molecule has 144 valence electrons. The molecule has 0 fully saturated rings. The van der Waals surface area contributed by atoms with Gasteiger partial charge in [0.15, 0.2) is 5.58 Å². The summed E-state index contributed by atoms with van der Waals surface area (Å²) in [5.74, 6) is -0.528. The molecule has 0 bridgehead atoms. The molecule has 0 aliphatic heterocycles. The fraction of sp³-hybridized carbons (Fsp3) is 0.316. The molecule has 0 saturated carbocycles. The van der Waals surface area contributed by atoms with Crippen molar-refractivity contribution in [1.29, 1.82) is 0 Å². The van der Waals surface area contributed by atoms with Gasteiger partial charge in [0.2, 0.25) is 10.0 Å². The topological polar surface area (TPSA) is 84.5 Å². The highest BCUT2D eigenvalue weighted by molar-refractivity contribution is 7.89. The molecular weight excluding hydrogens is 366 g/mol. The first-order chi connectivity index (χ1) is 12.7. The Kier molecular flexibility index (Phi) is 5.23. The smallest absolute Gasteiger partial charge is 0.408 e. The summed E-state index contributed by atoms with van der Waals surface area (Å²) in [7, 11) is 1.64. The van der Waals surface area contributed by atoms with Crippen LogP contribution in [0.1, 0.15) is 17.2 Å². The fourth-order valence-electron chi connectivity index (χ4n) is 2.94. The lowest BCUT2D eigenvalue weighted by Crippen LogP contribution is -2.34. The second kappa shape index (κ2) is 7.30. The van der Waals surface area contributed by atoms with Crippen LogP contribution < -0.4 is 10.5 Å². The molecule has 1 aromatic heterocycles. The van der Waals surface area contributed by atoms with Crippen molar-refractivity contribution < 1.29 is 12.8 Å². The maximum absolute atomic E-state index is 12.7. The summed E-state index contributed by atoms with van der Waals surface area (Å²) in [5.41, 5.74) is 2.96. The lowest BCUT2D eigenvalue weighted by molar-refractivity contribution is 0.299. The summed E-state index contributed by atoms with van der Waals surface area (Å²) in [6.45, 7) is 2.23. The SMILES string of the molecule is Cc1ccc(C(CNS(=O)(=O)c2ccc3c(c2)oc(=O)n3C)N(C)C)cc1. The fourth-order valence-corrected chi connectivity index (χ4v) is 3.99. The third kappa shape index (κ3) is 3.97. The van der Waals surface area contributed by atoms with E-state index in [9.17, 15) is 13.2 Å². The van der Waals surface area contributed by atoms with Crippen molar-refractivity contribution in [2.45, 2.75) is 17.9 Å². The van der Waals surface area contributed by atoms with Crippen molar-refractivity contribution >= 4 is 21.1 Å². The van der Waals surface area contributed by atoms with Gasteiger partial charge in [-0.15, -0.1) is 0 Å². The number of rotatable bonds is 6. The molecule has 1 N–H and O–H groups in total. The van der Waals surface area contributed by atoms with Crippen LogP contribution in [0.25, 0.3) is 11.1 Å². The van der Waals surface area contributed by atoms with Crippen LogP contribution in [0.2, 0.25) is 0 Å². The zero-order valence-corrected chi connectivity index (χ0v) is 16.6. The molecule has 3 aromatic rings. The van der Waals surface area contributed by atoms with Gasteiger partial charge in [0.05, 0.1) is 10.4 Å². The Morgan fingerprint density at radius 2 is 1.81 bits per heavy atom. The Labute approximate surface area is 158 Å². The number of nitrogens with zero attached hydrogens (tertiary/aromatic N) is 2. The number of hydrogen-bond acceptors (Lipinski definition) is 5. The van der Waals surface area contributed by atoms with Gasteiger partial charge in [0, 0.05) is 25.7 Å². The van der Waals surface area contributed by atoms with Crippen LogP contribution in [-0.2, 0) is 17.1 Å². The Morgan fingerprint density at radius 1 is 1.15 bits per heavy atom. The Bertz CT molecular complexity index is 1110. The van der Waals surface area contributed by atoms with E-state index in [0.29, 0.717) is 5.52 Å². The normalized spacial score (nSPS) is 13.4. The lowest BCUT2D eigenvalue weighted by Gasteiger charge is -2.25. The predicted octanol–water partition coefficient (Wildman–Crippen LogP) is 2.02. The van der Waals surface area contributed by atoms with E-state index in [1.165, 1.54) is 16.7 Å². The highest BCUT2D eigenvalue weighted by atomic mass is 32.2. The molecule has 27 heavy (non-hydrogen) atoms. The van der Waals surface area contributed by atoms with Crippen LogP contribution in [0.3, 0.4) is 0 Å². The standard InChI is InChI=1S/C19H23N3O4S/c1-13-5-7-14(8-6-13)17(21(2)3)12-20-27(24,25)15-9-10-16-18(11-15)26-19(23)22(16)4/h5-11,17,20H,12H2,1-4H3. The van der Waals surface area contributed by atoms with E-state index in [1.807, 2.05) is 50.2 Å². The summed E-state index contributed by atoms with van der Waals surface area (Å²) in [6.07, 6.45) is 0. The molecule has 3 rings (SSSR count). The highest BCUT2D eigenvalue weighted by Gasteiger charge is 2.21. The average molecular weight is 389 g/mol. The Morgan fingerprint density at radius 3 is 2.44 bits per heavy atom. The van der Waals surface area contributed by atoms with Crippen LogP contribution in [0.15, 0.2) is 56.6 Å². The second-order valence-corrected chi connectivity index (χ2v) is 8.57. The van der Waals surface area contributed by atoms with Crippen molar-refractivity contribution in [2.24, 2.45) is 7.05 Å². The number of nitrogens with one attached hydrogen (secondary N) is 1. The van der Waals surface area contributed by atoms with Crippen LogP contribution >= 0.6 is 0 Å². The molecule has 0 saturated heterocycles. The zero-order valence-electron chi connectivity index (χ0n) is 15.8. The summed E-state index contributed by atoms with van der Waals surface area (Å²) in [4.78, 5) is 13.6. The van der Waals surface area contributed by atoms with Crippen molar-refractivity contribution in [3.05, 3.63) is 64.1 Å². The number of benzene rings is 2. The maximum atomic E-state index is 12.7. The number of fused-ring (bicyclic) bond motifs is 1. The number of sulfonamides is 1. The van der Waals surface area contributed by atoms with E-state index in [4.69, 9.17) is 4.42 Å². The van der Waals surface area contributed by atoms with Crippen molar-refractivity contribution in [2.75, 3.05) is 20.6 Å². The first-order valence-corrected chi connectivity index (χ1v) is 9.99. The highest BCUT2D eigenvalue weighted by Crippen LogP contribution is 2.21. The molecule has 0 aliphatic carbocycles. The minimum absolute atomic E-state index is 0.0609. The zero-order chi connectivity index (χ0) is 19.8. The first kappa shape index (κ1) is 19.3. The number of aryl methyl sites for hydroxylation is 2. The van der Waals surface area contributed by atoms with Gasteiger partial charge >= 0.3 is 5.76 Å². The number of aromatic nitrogens is 1. The first-order valence-electron chi connectivity index (χ1n) is 8.51. The Hall–Kier alpha value is -2.42. The van der Waals surface area contributed by atoms with Gasteiger partial charge in [0.25, 0.3) is 0 Å². The molecule has 1 unspecified atom stereocenters. The van der Waals surface area contributed by atoms with Crippen molar-refractivity contribution in [3.63, 3.8) is 0 Å². The van der Waals surface area contributed by atoms with E-state index >= 15 is 0 Å². The van der Waals surface area contributed by atoms with Crippen LogP contribution in [0, 0.1) is 6.92 Å². The predicted molar refractivity (Wildman–Crippen MR) is 104 cm³/mol. The number of oxazole rings is 1. The molecule has 8 heteroatoms. The van der Waals surface area contributed by atoms with Gasteiger partial charge in [-0.1, -0.05) is 29.8 Å². The van der Waals surface area contributed by atoms with E-state index in [0.717, 1.165) is 11.1 Å². The molecule has 2 aromatic carbocycles.